The van der Waals surface area contributed by atoms with Crippen molar-refractivity contribution in [1.29, 1.82) is 0 Å². The molecule has 100 valence electrons. The van der Waals surface area contributed by atoms with Crippen molar-refractivity contribution in [2.24, 2.45) is 5.92 Å². The molecule has 1 N–H and O–H groups in total. The molecule has 4 heteroatoms. The summed E-state index contributed by atoms with van der Waals surface area (Å²) in [7, 11) is 2.02. The summed E-state index contributed by atoms with van der Waals surface area (Å²) >= 11 is 0. The third-order valence-corrected chi connectivity index (χ3v) is 4.17. The predicted octanol–water partition coefficient (Wildman–Crippen LogP) is 2.20. The number of nitrogens with zero attached hydrogens (tertiary/aromatic N) is 1. The molecule has 17 heavy (non-hydrogen) atoms. The van der Waals surface area contributed by atoms with Gasteiger partial charge in [0.05, 0.1) is 0 Å². The first kappa shape index (κ1) is 14.8. The van der Waals surface area contributed by atoms with E-state index in [1.807, 2.05) is 7.05 Å². The number of likely N-dealkylation sites (tertiary alicyclic amines) is 1. The number of halogens is 1. The molecule has 0 radical (unpaired) electrons. The van der Waals surface area contributed by atoms with E-state index in [2.05, 4.69) is 10.2 Å². The minimum Gasteiger partial charge on any atom is -0.342 e. The molecule has 1 saturated heterocycles. The van der Waals surface area contributed by atoms with E-state index in [1.165, 1.54) is 19.3 Å². The molecule has 1 heterocycles. The quantitative estimate of drug-likeness (QED) is 0.826. The molecule has 0 spiro atoms. The molecule has 1 saturated carbocycles. The monoisotopic (exact) mass is 260 g/mol. The fourth-order valence-electron chi connectivity index (χ4n) is 3.00. The zero-order valence-electron chi connectivity index (χ0n) is 10.8. The van der Waals surface area contributed by atoms with Crippen molar-refractivity contribution in [3.05, 3.63) is 0 Å². The number of carbonyl (C=O) groups is 1. The Bertz CT molecular complexity index is 234. The Morgan fingerprint density at radius 2 is 1.65 bits per heavy atom. The maximum atomic E-state index is 12.3. The van der Waals surface area contributed by atoms with Gasteiger partial charge in [-0.1, -0.05) is 19.3 Å². The highest BCUT2D eigenvalue weighted by Gasteiger charge is 2.28. The minimum absolute atomic E-state index is 0. The summed E-state index contributed by atoms with van der Waals surface area (Å²) in [5.74, 6) is 0.786. The second kappa shape index (κ2) is 7.22. The Hall–Kier alpha value is -0.280. The molecule has 3 nitrogen and oxygen atoms in total. The molecule has 1 amide bonds. The molecular weight excluding hydrogens is 236 g/mol. The average molecular weight is 261 g/mol. The first-order chi connectivity index (χ1) is 7.81. The lowest BCUT2D eigenvalue weighted by molar-refractivity contribution is -0.137. The summed E-state index contributed by atoms with van der Waals surface area (Å²) < 4.78 is 0. The van der Waals surface area contributed by atoms with Gasteiger partial charge in [-0.05, 0) is 32.7 Å². The minimum atomic E-state index is 0. The molecule has 0 aromatic rings. The first-order valence-electron chi connectivity index (χ1n) is 6.77. The van der Waals surface area contributed by atoms with E-state index in [0.29, 0.717) is 17.9 Å². The van der Waals surface area contributed by atoms with Crippen LogP contribution in [0.25, 0.3) is 0 Å². The normalized spacial score (nSPS) is 23.2. The molecule has 1 aliphatic carbocycles. The molecule has 0 aromatic carbocycles. The lowest BCUT2D eigenvalue weighted by Crippen LogP contribution is -2.46. The fraction of sp³-hybridized carbons (Fsp3) is 0.923. The van der Waals surface area contributed by atoms with Crippen molar-refractivity contribution < 1.29 is 4.79 Å². The van der Waals surface area contributed by atoms with E-state index in [1.54, 1.807) is 0 Å². The van der Waals surface area contributed by atoms with Crippen LogP contribution in [0.15, 0.2) is 0 Å². The average Bonchev–Trinajstić information content (AvgIpc) is 2.39. The number of hydrogen-bond donors (Lipinski definition) is 1. The molecule has 0 atom stereocenters. The molecule has 0 aromatic heterocycles. The van der Waals surface area contributed by atoms with Crippen molar-refractivity contribution in [3.8, 4) is 0 Å². The zero-order chi connectivity index (χ0) is 11.4. The number of nitrogens with one attached hydrogen (secondary N) is 1. The summed E-state index contributed by atoms with van der Waals surface area (Å²) in [4.78, 5) is 14.4. The van der Waals surface area contributed by atoms with Crippen molar-refractivity contribution in [3.63, 3.8) is 0 Å². The third kappa shape index (κ3) is 3.85. The van der Waals surface area contributed by atoms with Crippen LogP contribution in [0.4, 0.5) is 0 Å². The van der Waals surface area contributed by atoms with Gasteiger partial charge in [-0.2, -0.15) is 0 Å². The molecule has 2 aliphatic rings. The van der Waals surface area contributed by atoms with Crippen LogP contribution in [0, 0.1) is 5.92 Å². The van der Waals surface area contributed by atoms with Crippen LogP contribution >= 0.6 is 12.4 Å². The Kier molecular flexibility index (Phi) is 6.28. The Morgan fingerprint density at radius 3 is 2.18 bits per heavy atom. The highest BCUT2D eigenvalue weighted by molar-refractivity contribution is 5.85. The van der Waals surface area contributed by atoms with E-state index in [-0.39, 0.29) is 12.4 Å². The summed E-state index contributed by atoms with van der Waals surface area (Å²) in [6.45, 7) is 1.92. The van der Waals surface area contributed by atoms with E-state index < -0.39 is 0 Å². The maximum absolute atomic E-state index is 12.3. The van der Waals surface area contributed by atoms with E-state index >= 15 is 0 Å². The highest BCUT2D eigenvalue weighted by atomic mass is 35.5. The van der Waals surface area contributed by atoms with Gasteiger partial charge in [0.25, 0.3) is 0 Å². The number of hydrogen-bond acceptors (Lipinski definition) is 2. The van der Waals surface area contributed by atoms with Crippen LogP contribution in [0.1, 0.15) is 44.9 Å². The van der Waals surface area contributed by atoms with Crippen LogP contribution in [-0.4, -0.2) is 37.0 Å². The van der Waals surface area contributed by atoms with Crippen LogP contribution in [0.3, 0.4) is 0 Å². The van der Waals surface area contributed by atoms with Crippen LogP contribution < -0.4 is 5.32 Å². The summed E-state index contributed by atoms with van der Waals surface area (Å²) in [5.41, 5.74) is 0. The first-order valence-corrected chi connectivity index (χ1v) is 6.77. The highest BCUT2D eigenvalue weighted by Crippen LogP contribution is 2.26. The van der Waals surface area contributed by atoms with Gasteiger partial charge in [-0.15, -0.1) is 12.4 Å². The number of piperidine rings is 1. The van der Waals surface area contributed by atoms with Gasteiger partial charge in [0, 0.05) is 25.0 Å². The molecule has 0 bridgehead atoms. The van der Waals surface area contributed by atoms with Gasteiger partial charge in [-0.25, -0.2) is 0 Å². The number of rotatable bonds is 2. The van der Waals surface area contributed by atoms with Crippen molar-refractivity contribution in [2.75, 3.05) is 20.1 Å². The van der Waals surface area contributed by atoms with Crippen LogP contribution in [-0.2, 0) is 4.79 Å². The lowest BCUT2D eigenvalue weighted by Gasteiger charge is -2.35. The molecule has 1 aliphatic heterocycles. The maximum Gasteiger partial charge on any atom is 0.225 e. The van der Waals surface area contributed by atoms with E-state index in [0.717, 1.165) is 38.8 Å². The smallest absolute Gasteiger partial charge is 0.225 e. The summed E-state index contributed by atoms with van der Waals surface area (Å²) in [6.07, 6.45) is 8.33. The van der Waals surface area contributed by atoms with Crippen molar-refractivity contribution >= 4 is 18.3 Å². The molecular formula is C13H25ClN2O. The van der Waals surface area contributed by atoms with Gasteiger partial charge in [0.1, 0.15) is 0 Å². The fourth-order valence-corrected chi connectivity index (χ4v) is 3.00. The lowest BCUT2D eigenvalue weighted by atomic mass is 9.87. The van der Waals surface area contributed by atoms with Crippen molar-refractivity contribution in [1.82, 2.24) is 10.2 Å². The second-order valence-electron chi connectivity index (χ2n) is 5.22. The largest absolute Gasteiger partial charge is 0.342 e. The number of amides is 1. The van der Waals surface area contributed by atoms with Crippen LogP contribution in [0.2, 0.25) is 0 Å². The predicted molar refractivity (Wildman–Crippen MR) is 72.5 cm³/mol. The number of carbonyl (C=O) groups excluding carboxylic acids is 1. The Balaban J connectivity index is 0.00000144. The standard InChI is InChI=1S/C13H24N2O.ClH/c1-14-12-7-9-15(10-8-12)13(16)11-5-3-2-4-6-11;/h11-12,14H,2-10H2,1H3;1H. The summed E-state index contributed by atoms with van der Waals surface area (Å²) in [5, 5.41) is 3.30. The second-order valence-corrected chi connectivity index (χ2v) is 5.22. The van der Waals surface area contributed by atoms with Gasteiger partial charge in [0.15, 0.2) is 0 Å². The van der Waals surface area contributed by atoms with Gasteiger partial charge in [0.2, 0.25) is 5.91 Å². The summed E-state index contributed by atoms with van der Waals surface area (Å²) in [6, 6.07) is 0.621. The van der Waals surface area contributed by atoms with Gasteiger partial charge < -0.3 is 10.2 Å². The zero-order valence-corrected chi connectivity index (χ0v) is 11.6. The van der Waals surface area contributed by atoms with Crippen molar-refractivity contribution in [2.45, 2.75) is 51.0 Å². The molecule has 2 rings (SSSR count). The van der Waals surface area contributed by atoms with Gasteiger partial charge in [-0.3, -0.25) is 4.79 Å². The Labute approximate surface area is 111 Å². The van der Waals surface area contributed by atoms with Gasteiger partial charge >= 0.3 is 0 Å². The molecule has 0 unspecified atom stereocenters. The Morgan fingerprint density at radius 1 is 1.06 bits per heavy atom. The van der Waals surface area contributed by atoms with E-state index in [9.17, 15) is 4.79 Å². The van der Waals surface area contributed by atoms with Crippen LogP contribution in [0.5, 0.6) is 0 Å². The topological polar surface area (TPSA) is 32.3 Å². The molecule has 2 fully saturated rings. The third-order valence-electron chi connectivity index (χ3n) is 4.17. The SMILES string of the molecule is CNC1CCN(C(=O)C2CCCCC2)CC1.Cl. The van der Waals surface area contributed by atoms with E-state index in [4.69, 9.17) is 0 Å².